The van der Waals surface area contributed by atoms with E-state index in [-0.39, 0.29) is 5.82 Å². The third kappa shape index (κ3) is 1.86. The van der Waals surface area contributed by atoms with Crippen molar-refractivity contribution in [3.05, 3.63) is 29.8 Å². The molecule has 0 amide bonds. The van der Waals surface area contributed by atoms with Gasteiger partial charge in [-0.3, -0.25) is 4.98 Å². The lowest BCUT2D eigenvalue weighted by molar-refractivity contribution is 0.435. The monoisotopic (exact) mass is 180 g/mol. The molecule has 0 radical (unpaired) electrons. The number of pyridine rings is 1. The van der Waals surface area contributed by atoms with E-state index in [0.717, 1.165) is 25.9 Å². The van der Waals surface area contributed by atoms with Gasteiger partial charge in [-0.25, -0.2) is 4.39 Å². The van der Waals surface area contributed by atoms with Crippen molar-refractivity contribution in [2.24, 2.45) is 0 Å². The van der Waals surface area contributed by atoms with Crippen molar-refractivity contribution in [3.8, 4) is 0 Å². The molecule has 0 aliphatic carbocycles. The summed E-state index contributed by atoms with van der Waals surface area (Å²) in [5, 5.41) is 3.25. The van der Waals surface area contributed by atoms with Crippen LogP contribution in [-0.4, -0.2) is 18.1 Å². The molecule has 0 atom stereocenters. The molecule has 0 bridgehead atoms. The third-order valence-electron chi connectivity index (χ3n) is 2.51. The van der Waals surface area contributed by atoms with E-state index in [1.807, 2.05) is 0 Å². The Kier molecular flexibility index (Phi) is 2.54. The average molecular weight is 180 g/mol. The highest BCUT2D eigenvalue weighted by molar-refractivity contribution is 5.13. The Morgan fingerprint density at radius 1 is 1.38 bits per heavy atom. The minimum Gasteiger partial charge on any atom is -0.317 e. The minimum atomic E-state index is -0.158. The van der Waals surface area contributed by atoms with E-state index in [1.54, 1.807) is 12.3 Å². The van der Waals surface area contributed by atoms with Gasteiger partial charge in [-0.15, -0.1) is 0 Å². The number of nitrogens with zero attached hydrogens (tertiary/aromatic N) is 1. The Morgan fingerprint density at radius 2 is 2.15 bits per heavy atom. The lowest BCUT2D eigenvalue weighted by Gasteiger charge is -2.22. The van der Waals surface area contributed by atoms with Crippen LogP contribution in [-0.2, 0) is 0 Å². The number of nitrogens with one attached hydrogen (secondary N) is 1. The number of hydrogen-bond donors (Lipinski definition) is 1. The zero-order chi connectivity index (χ0) is 9.10. The predicted octanol–water partition coefficient (Wildman–Crippen LogP) is 1.69. The molecule has 0 aromatic carbocycles. The second-order valence-electron chi connectivity index (χ2n) is 3.39. The second kappa shape index (κ2) is 3.83. The number of halogens is 1. The van der Waals surface area contributed by atoms with Gasteiger partial charge in [0.2, 0.25) is 0 Å². The maximum Gasteiger partial charge on any atom is 0.144 e. The first-order valence-corrected chi connectivity index (χ1v) is 4.69. The topological polar surface area (TPSA) is 24.9 Å². The Balaban J connectivity index is 2.18. The van der Waals surface area contributed by atoms with Crippen molar-refractivity contribution in [1.82, 2.24) is 10.3 Å². The van der Waals surface area contributed by atoms with Crippen LogP contribution in [0, 0.1) is 5.82 Å². The lowest BCUT2D eigenvalue weighted by atomic mass is 9.94. The molecule has 70 valence electrons. The molecule has 0 saturated carbocycles. The van der Waals surface area contributed by atoms with Crippen molar-refractivity contribution in [2.45, 2.75) is 18.8 Å². The third-order valence-corrected chi connectivity index (χ3v) is 2.51. The van der Waals surface area contributed by atoms with Crippen molar-refractivity contribution in [1.29, 1.82) is 0 Å². The first kappa shape index (κ1) is 8.63. The van der Waals surface area contributed by atoms with Crippen LogP contribution < -0.4 is 5.32 Å². The fourth-order valence-electron chi connectivity index (χ4n) is 1.79. The van der Waals surface area contributed by atoms with Crippen molar-refractivity contribution >= 4 is 0 Å². The molecule has 0 unspecified atom stereocenters. The molecule has 0 spiro atoms. The molecule has 1 fully saturated rings. The fraction of sp³-hybridized carbons (Fsp3) is 0.500. The summed E-state index contributed by atoms with van der Waals surface area (Å²) < 4.78 is 13.3. The molecular formula is C10H13FN2. The molecule has 1 aliphatic rings. The maximum absolute atomic E-state index is 13.3. The van der Waals surface area contributed by atoms with E-state index in [9.17, 15) is 4.39 Å². The first-order chi connectivity index (χ1) is 6.38. The van der Waals surface area contributed by atoms with Gasteiger partial charge in [-0.1, -0.05) is 0 Å². The van der Waals surface area contributed by atoms with E-state index < -0.39 is 0 Å². The molecule has 2 nitrogen and oxygen atoms in total. The highest BCUT2D eigenvalue weighted by Gasteiger charge is 2.18. The molecule has 1 aromatic heterocycles. The maximum atomic E-state index is 13.3. The van der Waals surface area contributed by atoms with Crippen molar-refractivity contribution < 1.29 is 4.39 Å². The van der Waals surface area contributed by atoms with E-state index in [0.29, 0.717) is 11.6 Å². The van der Waals surface area contributed by atoms with Crippen LogP contribution in [0.3, 0.4) is 0 Å². The molecule has 3 heteroatoms. The molecule has 2 rings (SSSR count). The van der Waals surface area contributed by atoms with Crippen LogP contribution in [0.4, 0.5) is 4.39 Å². The summed E-state index contributed by atoms with van der Waals surface area (Å²) in [7, 11) is 0. The fourth-order valence-corrected chi connectivity index (χ4v) is 1.79. The molecule has 1 saturated heterocycles. The largest absolute Gasteiger partial charge is 0.317 e. The summed E-state index contributed by atoms with van der Waals surface area (Å²) in [6, 6.07) is 3.13. The predicted molar refractivity (Wildman–Crippen MR) is 49.0 cm³/mol. The van der Waals surface area contributed by atoms with Gasteiger partial charge in [0.1, 0.15) is 5.82 Å². The van der Waals surface area contributed by atoms with Crippen LogP contribution in [0.15, 0.2) is 18.3 Å². The van der Waals surface area contributed by atoms with Gasteiger partial charge in [-0.05, 0) is 38.1 Å². The zero-order valence-corrected chi connectivity index (χ0v) is 7.46. The molecular weight excluding hydrogens is 167 g/mol. The van der Waals surface area contributed by atoms with Crippen LogP contribution in [0.25, 0.3) is 0 Å². The smallest absolute Gasteiger partial charge is 0.144 e. The zero-order valence-electron chi connectivity index (χ0n) is 7.46. The highest BCUT2D eigenvalue weighted by atomic mass is 19.1. The summed E-state index contributed by atoms with van der Waals surface area (Å²) in [4.78, 5) is 4.10. The Morgan fingerprint density at radius 3 is 2.85 bits per heavy atom. The normalized spacial score (nSPS) is 18.8. The molecule has 1 aliphatic heterocycles. The Hall–Kier alpha value is -0.960. The standard InChI is InChI=1S/C10H13FN2/c11-9-2-1-5-13-10(9)8-3-6-12-7-4-8/h1-2,5,8,12H,3-4,6-7H2. The number of hydrogen-bond acceptors (Lipinski definition) is 2. The summed E-state index contributed by atoms with van der Waals surface area (Å²) in [6.45, 7) is 1.95. The molecule has 13 heavy (non-hydrogen) atoms. The van der Waals surface area contributed by atoms with Gasteiger partial charge < -0.3 is 5.32 Å². The van der Waals surface area contributed by atoms with Gasteiger partial charge >= 0.3 is 0 Å². The highest BCUT2D eigenvalue weighted by Crippen LogP contribution is 2.24. The second-order valence-corrected chi connectivity index (χ2v) is 3.39. The quantitative estimate of drug-likeness (QED) is 0.711. The van der Waals surface area contributed by atoms with Gasteiger partial charge in [-0.2, -0.15) is 0 Å². The summed E-state index contributed by atoms with van der Waals surface area (Å²) >= 11 is 0. The molecule has 2 heterocycles. The van der Waals surface area contributed by atoms with Gasteiger partial charge in [0.05, 0.1) is 5.69 Å². The van der Waals surface area contributed by atoms with Gasteiger partial charge in [0, 0.05) is 12.1 Å². The van der Waals surface area contributed by atoms with Crippen molar-refractivity contribution in [3.63, 3.8) is 0 Å². The summed E-state index contributed by atoms with van der Waals surface area (Å²) in [5.41, 5.74) is 0.643. The number of rotatable bonds is 1. The average Bonchev–Trinajstić information content (AvgIpc) is 2.20. The SMILES string of the molecule is Fc1cccnc1C1CCNCC1. The summed E-state index contributed by atoms with van der Waals surface area (Å²) in [5.74, 6) is 0.150. The van der Waals surface area contributed by atoms with E-state index in [2.05, 4.69) is 10.3 Å². The molecule has 1 aromatic rings. The van der Waals surface area contributed by atoms with E-state index in [1.165, 1.54) is 6.07 Å². The van der Waals surface area contributed by atoms with E-state index >= 15 is 0 Å². The van der Waals surface area contributed by atoms with Crippen LogP contribution >= 0.6 is 0 Å². The van der Waals surface area contributed by atoms with Gasteiger partial charge in [0.15, 0.2) is 0 Å². The number of aromatic nitrogens is 1. The lowest BCUT2D eigenvalue weighted by Crippen LogP contribution is -2.27. The van der Waals surface area contributed by atoms with Crippen LogP contribution in [0.2, 0.25) is 0 Å². The Bertz CT molecular complexity index is 282. The van der Waals surface area contributed by atoms with Gasteiger partial charge in [0.25, 0.3) is 0 Å². The van der Waals surface area contributed by atoms with Crippen LogP contribution in [0.5, 0.6) is 0 Å². The van der Waals surface area contributed by atoms with Crippen LogP contribution in [0.1, 0.15) is 24.5 Å². The van der Waals surface area contributed by atoms with E-state index in [4.69, 9.17) is 0 Å². The first-order valence-electron chi connectivity index (χ1n) is 4.69. The minimum absolute atomic E-state index is 0.158. The number of piperidine rings is 1. The molecule has 1 N–H and O–H groups in total. The summed E-state index contributed by atoms with van der Waals surface area (Å²) in [6.07, 6.45) is 3.66. The Labute approximate surface area is 77.2 Å². The van der Waals surface area contributed by atoms with Crippen molar-refractivity contribution in [2.75, 3.05) is 13.1 Å².